The predicted octanol–water partition coefficient (Wildman–Crippen LogP) is 2.61. The van der Waals surface area contributed by atoms with E-state index in [1.54, 1.807) is 24.3 Å². The number of anilines is 3. The van der Waals surface area contributed by atoms with Crippen LogP contribution in [0.2, 0.25) is 0 Å². The normalized spacial score (nSPS) is 20.6. The number of amides is 2. The van der Waals surface area contributed by atoms with E-state index in [1.807, 2.05) is 11.8 Å². The van der Waals surface area contributed by atoms with Crippen LogP contribution in [0.25, 0.3) is 0 Å². The van der Waals surface area contributed by atoms with Crippen LogP contribution in [0.3, 0.4) is 0 Å². The summed E-state index contributed by atoms with van der Waals surface area (Å²) < 4.78 is 5.40. The van der Waals surface area contributed by atoms with Gasteiger partial charge in [0, 0.05) is 24.7 Å². The number of aromatic amines is 1. The van der Waals surface area contributed by atoms with Gasteiger partial charge in [0.15, 0.2) is 0 Å². The van der Waals surface area contributed by atoms with Gasteiger partial charge < -0.3 is 20.3 Å². The Hall–Kier alpha value is -3.36. The average molecular weight is 425 g/mol. The molecule has 2 amide bonds. The van der Waals surface area contributed by atoms with Crippen LogP contribution in [-0.2, 0) is 9.59 Å². The number of rotatable bonds is 5. The molecule has 2 aliphatic heterocycles. The molecule has 0 saturated carbocycles. The molecule has 3 heterocycles. The lowest BCUT2D eigenvalue weighted by atomic mass is 9.92. The highest BCUT2D eigenvalue weighted by atomic mass is 16.5. The van der Waals surface area contributed by atoms with E-state index in [-0.39, 0.29) is 29.8 Å². The van der Waals surface area contributed by atoms with Gasteiger partial charge in [-0.2, -0.15) is 4.98 Å². The Morgan fingerprint density at radius 3 is 2.74 bits per heavy atom. The smallest absolute Gasteiger partial charge is 0.258 e. The lowest BCUT2D eigenvalue weighted by molar-refractivity contribution is -0.123. The van der Waals surface area contributed by atoms with E-state index in [9.17, 15) is 14.4 Å². The average Bonchev–Trinajstić information content (AvgIpc) is 2.74. The minimum atomic E-state index is -0.917. The molecular weight excluding hydrogens is 398 g/mol. The summed E-state index contributed by atoms with van der Waals surface area (Å²) in [6.07, 6.45) is 3.06. The molecule has 3 N–H and O–H groups in total. The number of hydrogen-bond acceptors (Lipinski definition) is 6. The molecule has 1 saturated heterocycles. The van der Waals surface area contributed by atoms with Crippen molar-refractivity contribution >= 4 is 29.3 Å². The lowest BCUT2D eigenvalue weighted by Gasteiger charge is -2.34. The fourth-order valence-corrected chi connectivity index (χ4v) is 4.16. The van der Waals surface area contributed by atoms with Gasteiger partial charge in [0.05, 0.1) is 18.1 Å². The van der Waals surface area contributed by atoms with Crippen molar-refractivity contribution in [1.82, 2.24) is 9.97 Å². The van der Waals surface area contributed by atoms with Gasteiger partial charge >= 0.3 is 0 Å². The Labute approximate surface area is 180 Å². The first-order valence-corrected chi connectivity index (χ1v) is 10.7. The van der Waals surface area contributed by atoms with Crippen molar-refractivity contribution in [2.24, 2.45) is 0 Å². The monoisotopic (exact) mass is 425 g/mol. The molecule has 0 unspecified atom stereocenters. The molecule has 2 atom stereocenters. The zero-order valence-electron chi connectivity index (χ0n) is 17.7. The zero-order chi connectivity index (χ0) is 22.0. The number of nitrogens with zero attached hydrogens (tertiary/aromatic N) is 2. The van der Waals surface area contributed by atoms with E-state index in [0.717, 1.165) is 25.8 Å². The van der Waals surface area contributed by atoms with Gasteiger partial charge in [-0.25, -0.2) is 0 Å². The summed E-state index contributed by atoms with van der Waals surface area (Å²) in [5.74, 6) is -0.382. The molecule has 0 aliphatic carbocycles. The highest BCUT2D eigenvalue weighted by Crippen LogP contribution is 2.31. The minimum Gasteiger partial charge on any atom is -0.494 e. The first-order chi connectivity index (χ1) is 15.0. The summed E-state index contributed by atoms with van der Waals surface area (Å²) in [6, 6.07) is 7.18. The fraction of sp³-hybridized carbons (Fsp3) is 0.455. The van der Waals surface area contributed by atoms with Gasteiger partial charge in [-0.3, -0.25) is 19.4 Å². The van der Waals surface area contributed by atoms with Gasteiger partial charge in [0.2, 0.25) is 17.8 Å². The topological polar surface area (TPSA) is 116 Å². The van der Waals surface area contributed by atoms with E-state index in [0.29, 0.717) is 24.0 Å². The Bertz CT molecular complexity index is 1030. The van der Waals surface area contributed by atoms with Crippen LogP contribution < -0.4 is 25.8 Å². The highest BCUT2D eigenvalue weighted by molar-refractivity contribution is 6.04. The van der Waals surface area contributed by atoms with Crippen molar-refractivity contribution in [3.05, 3.63) is 40.2 Å². The zero-order valence-corrected chi connectivity index (χ0v) is 17.7. The standard InChI is InChI=1S/C22H27N5O4/c1-3-31-15-9-7-14(8-10-15)23-20(29)16-12-17(28)24-19-18(16)21(30)26-22(25-19)27-11-5-4-6-13(27)2/h7-10,13,16H,3-6,11-12H2,1-2H3,(H,23,29)(H2,24,25,26,28,30)/t13-,16+/m0/s1. The molecule has 4 rings (SSSR count). The number of aromatic nitrogens is 2. The minimum absolute atomic E-state index is 0.111. The number of ether oxygens (including phenoxy) is 1. The molecule has 0 bridgehead atoms. The fourth-order valence-electron chi connectivity index (χ4n) is 4.16. The molecule has 1 fully saturated rings. The first kappa shape index (κ1) is 20.9. The number of nitrogens with one attached hydrogen (secondary N) is 3. The maximum absolute atomic E-state index is 13.0. The molecule has 164 valence electrons. The Morgan fingerprint density at radius 2 is 2.03 bits per heavy atom. The second-order valence-corrected chi connectivity index (χ2v) is 7.94. The van der Waals surface area contributed by atoms with E-state index in [1.165, 1.54) is 0 Å². The molecule has 1 aromatic heterocycles. The highest BCUT2D eigenvalue weighted by Gasteiger charge is 2.35. The first-order valence-electron chi connectivity index (χ1n) is 10.7. The van der Waals surface area contributed by atoms with Crippen LogP contribution in [0.4, 0.5) is 17.5 Å². The van der Waals surface area contributed by atoms with Gasteiger partial charge in [-0.15, -0.1) is 0 Å². The van der Waals surface area contributed by atoms with Crippen LogP contribution >= 0.6 is 0 Å². The number of fused-ring (bicyclic) bond motifs is 1. The van der Waals surface area contributed by atoms with Crippen molar-refractivity contribution < 1.29 is 14.3 Å². The van der Waals surface area contributed by atoms with Crippen molar-refractivity contribution in [3.8, 4) is 5.75 Å². The number of hydrogen-bond donors (Lipinski definition) is 3. The summed E-state index contributed by atoms with van der Waals surface area (Å²) in [5.41, 5.74) is 0.352. The number of benzene rings is 1. The molecule has 0 spiro atoms. The van der Waals surface area contributed by atoms with Gasteiger partial charge in [-0.05, 0) is 57.4 Å². The SMILES string of the molecule is CCOc1ccc(NC(=O)[C@@H]2CC(=O)Nc3nc(N4CCCC[C@@H]4C)[nH]c(=O)c32)cc1. The number of carbonyl (C=O) groups is 2. The van der Waals surface area contributed by atoms with Crippen LogP contribution in [0, 0.1) is 0 Å². The summed E-state index contributed by atoms with van der Waals surface area (Å²) in [7, 11) is 0. The van der Waals surface area contributed by atoms with E-state index < -0.39 is 17.4 Å². The Kier molecular flexibility index (Phi) is 5.92. The molecule has 1 aromatic carbocycles. The predicted molar refractivity (Wildman–Crippen MR) is 118 cm³/mol. The van der Waals surface area contributed by atoms with Gasteiger partial charge in [0.25, 0.3) is 5.56 Å². The van der Waals surface area contributed by atoms with Gasteiger partial charge in [0.1, 0.15) is 11.6 Å². The number of H-pyrrole nitrogens is 1. The van der Waals surface area contributed by atoms with Gasteiger partial charge in [-0.1, -0.05) is 0 Å². The molecule has 0 radical (unpaired) electrons. The third-order valence-electron chi connectivity index (χ3n) is 5.76. The summed E-state index contributed by atoms with van der Waals surface area (Å²) in [5, 5.41) is 5.46. The molecule has 9 heteroatoms. The van der Waals surface area contributed by atoms with Crippen LogP contribution in [0.5, 0.6) is 5.75 Å². The molecule has 2 aromatic rings. The lowest BCUT2D eigenvalue weighted by Crippen LogP contribution is -2.41. The second-order valence-electron chi connectivity index (χ2n) is 7.94. The second kappa shape index (κ2) is 8.79. The molecule has 9 nitrogen and oxygen atoms in total. The number of carbonyl (C=O) groups excluding carboxylic acids is 2. The van der Waals surface area contributed by atoms with Crippen molar-refractivity contribution in [2.75, 3.05) is 28.7 Å². The molecule has 2 aliphatic rings. The van der Waals surface area contributed by atoms with E-state index in [2.05, 4.69) is 27.5 Å². The third kappa shape index (κ3) is 4.40. The van der Waals surface area contributed by atoms with Crippen LogP contribution in [-0.4, -0.2) is 41.0 Å². The molecular formula is C22H27N5O4. The maximum Gasteiger partial charge on any atom is 0.258 e. The largest absolute Gasteiger partial charge is 0.494 e. The Morgan fingerprint density at radius 1 is 1.26 bits per heavy atom. The summed E-state index contributed by atoms with van der Waals surface area (Å²) in [4.78, 5) is 47.6. The van der Waals surface area contributed by atoms with Crippen molar-refractivity contribution in [2.45, 2.75) is 51.5 Å². The van der Waals surface area contributed by atoms with E-state index in [4.69, 9.17) is 4.74 Å². The maximum atomic E-state index is 13.0. The Balaban J connectivity index is 1.60. The molecule has 31 heavy (non-hydrogen) atoms. The number of piperidine rings is 1. The van der Waals surface area contributed by atoms with Crippen molar-refractivity contribution in [1.29, 1.82) is 0 Å². The summed E-state index contributed by atoms with van der Waals surface area (Å²) in [6.45, 7) is 5.32. The van der Waals surface area contributed by atoms with Crippen LogP contribution in [0.15, 0.2) is 29.1 Å². The van der Waals surface area contributed by atoms with E-state index >= 15 is 0 Å². The third-order valence-corrected chi connectivity index (χ3v) is 5.76. The quantitative estimate of drug-likeness (QED) is 0.678. The summed E-state index contributed by atoms with van der Waals surface area (Å²) >= 11 is 0. The van der Waals surface area contributed by atoms with Crippen LogP contribution in [0.1, 0.15) is 51.0 Å². The van der Waals surface area contributed by atoms with Crippen molar-refractivity contribution in [3.63, 3.8) is 0 Å².